The average molecular weight is 404 g/mol. The highest BCUT2D eigenvalue weighted by molar-refractivity contribution is 4.97. The fourth-order valence-corrected chi connectivity index (χ4v) is 4.95. The molecule has 2 rings (SSSR count). The molecule has 0 heterocycles. The van der Waals surface area contributed by atoms with E-state index < -0.39 is 23.9 Å². The Bertz CT molecular complexity index is 442. The Morgan fingerprint density at radius 1 is 0.593 bits per heavy atom. The van der Waals surface area contributed by atoms with Crippen LogP contribution in [0.2, 0.25) is 0 Å². The van der Waals surface area contributed by atoms with Crippen molar-refractivity contribution >= 4 is 0 Å². The summed E-state index contributed by atoms with van der Waals surface area (Å²) in [5.41, 5.74) is 0. The molecule has 0 unspecified atom stereocenters. The largest absolute Gasteiger partial charge is 0.459 e. The third-order valence-electron chi connectivity index (χ3n) is 6.78. The Morgan fingerprint density at radius 3 is 1.33 bits per heavy atom. The molecule has 160 valence electrons. The molecule has 2 fully saturated rings. The molecule has 2 aliphatic rings. The van der Waals surface area contributed by atoms with Crippen LogP contribution in [0.1, 0.15) is 84.0 Å². The topological polar surface area (TPSA) is 0 Å². The number of rotatable bonds is 7. The summed E-state index contributed by atoms with van der Waals surface area (Å²) >= 11 is 0. The molecule has 7 heteroatoms. The first kappa shape index (κ1) is 22.8. The van der Waals surface area contributed by atoms with Crippen molar-refractivity contribution in [2.75, 3.05) is 0 Å². The highest BCUT2D eigenvalue weighted by Gasteiger charge is 2.74. The first-order valence-electron chi connectivity index (χ1n) is 10.3. The van der Waals surface area contributed by atoms with E-state index in [0.29, 0.717) is 18.8 Å². The van der Waals surface area contributed by atoms with Crippen molar-refractivity contribution in [2.24, 2.45) is 23.7 Å². The van der Waals surface area contributed by atoms with Gasteiger partial charge in [-0.2, -0.15) is 30.7 Å². The molecule has 0 aromatic heterocycles. The van der Waals surface area contributed by atoms with Gasteiger partial charge in [0.25, 0.3) is 0 Å². The van der Waals surface area contributed by atoms with E-state index in [1.54, 1.807) is 0 Å². The fraction of sp³-hybridized carbons (Fsp3) is 1.00. The van der Waals surface area contributed by atoms with Crippen molar-refractivity contribution in [3.05, 3.63) is 0 Å². The molecule has 2 aliphatic carbocycles. The van der Waals surface area contributed by atoms with Crippen LogP contribution in [0.3, 0.4) is 0 Å². The van der Waals surface area contributed by atoms with E-state index in [2.05, 4.69) is 6.92 Å². The minimum atomic E-state index is -6.22. The highest BCUT2D eigenvalue weighted by Crippen LogP contribution is 2.53. The van der Waals surface area contributed by atoms with Crippen molar-refractivity contribution in [3.8, 4) is 0 Å². The van der Waals surface area contributed by atoms with Crippen molar-refractivity contribution in [1.29, 1.82) is 0 Å². The van der Waals surface area contributed by atoms with E-state index in [-0.39, 0.29) is 18.8 Å². The zero-order valence-corrected chi connectivity index (χ0v) is 15.9. The predicted molar refractivity (Wildman–Crippen MR) is 91.0 cm³/mol. The van der Waals surface area contributed by atoms with Crippen LogP contribution in [0.5, 0.6) is 0 Å². The van der Waals surface area contributed by atoms with Gasteiger partial charge in [0, 0.05) is 5.92 Å². The molecule has 0 nitrogen and oxygen atoms in total. The fourth-order valence-electron chi connectivity index (χ4n) is 4.95. The van der Waals surface area contributed by atoms with Gasteiger partial charge in [0.2, 0.25) is 0 Å². The second kappa shape index (κ2) is 8.89. The van der Waals surface area contributed by atoms with Gasteiger partial charge in [-0.15, -0.1) is 0 Å². The van der Waals surface area contributed by atoms with Crippen LogP contribution in [0, 0.1) is 23.7 Å². The Labute approximate surface area is 157 Å². The second-order valence-electron chi connectivity index (χ2n) is 8.67. The minimum Gasteiger partial charge on any atom is -0.199 e. The molecule has 0 aromatic carbocycles. The van der Waals surface area contributed by atoms with Gasteiger partial charge in [0.05, 0.1) is 0 Å². The lowest BCUT2D eigenvalue weighted by atomic mass is 9.73. The van der Waals surface area contributed by atoms with E-state index in [4.69, 9.17) is 0 Å². The summed E-state index contributed by atoms with van der Waals surface area (Å²) in [4.78, 5) is 0. The summed E-state index contributed by atoms with van der Waals surface area (Å²) in [6.07, 6.45) is 3.13. The maximum atomic E-state index is 13.8. The monoisotopic (exact) mass is 404 g/mol. The van der Waals surface area contributed by atoms with E-state index in [9.17, 15) is 30.7 Å². The molecule has 0 amide bonds. The first-order chi connectivity index (χ1) is 12.5. The minimum absolute atomic E-state index is 0.171. The van der Waals surface area contributed by atoms with Gasteiger partial charge in [-0.05, 0) is 43.4 Å². The summed E-state index contributed by atoms with van der Waals surface area (Å²) in [6, 6.07) is 0. The Hall–Kier alpha value is -0.490. The molecule has 2 saturated carbocycles. The Morgan fingerprint density at radius 2 is 0.963 bits per heavy atom. The first-order valence-corrected chi connectivity index (χ1v) is 10.3. The lowest BCUT2D eigenvalue weighted by Crippen LogP contribution is -2.56. The number of halogens is 7. The molecule has 0 bridgehead atoms. The second-order valence-corrected chi connectivity index (χ2v) is 8.67. The Balaban J connectivity index is 1.76. The van der Waals surface area contributed by atoms with E-state index in [1.165, 1.54) is 38.5 Å². The molecular formula is C20H31F7. The molecule has 0 radical (unpaired) electrons. The van der Waals surface area contributed by atoms with Gasteiger partial charge in [-0.25, -0.2) is 0 Å². The molecule has 27 heavy (non-hydrogen) atoms. The van der Waals surface area contributed by atoms with Gasteiger partial charge < -0.3 is 0 Å². The molecule has 0 N–H and O–H groups in total. The number of hydrogen-bond donors (Lipinski definition) is 0. The summed E-state index contributed by atoms with van der Waals surface area (Å²) in [7, 11) is 0. The summed E-state index contributed by atoms with van der Waals surface area (Å²) in [6.45, 7) is 2.19. The maximum absolute atomic E-state index is 13.8. The number of alkyl halides is 7. The zero-order valence-electron chi connectivity index (χ0n) is 15.9. The van der Waals surface area contributed by atoms with Crippen LogP contribution in [-0.2, 0) is 0 Å². The lowest BCUT2D eigenvalue weighted by molar-refractivity contribution is -0.367. The van der Waals surface area contributed by atoms with Crippen molar-refractivity contribution < 1.29 is 30.7 Å². The van der Waals surface area contributed by atoms with E-state index in [1.807, 2.05) is 0 Å². The van der Waals surface area contributed by atoms with Gasteiger partial charge in [0.1, 0.15) is 0 Å². The normalized spacial score (nSPS) is 31.1. The van der Waals surface area contributed by atoms with Crippen LogP contribution in [0.25, 0.3) is 0 Å². The Kier molecular flexibility index (Phi) is 7.51. The third kappa shape index (κ3) is 5.31. The van der Waals surface area contributed by atoms with Gasteiger partial charge in [0.15, 0.2) is 0 Å². The summed E-state index contributed by atoms with van der Waals surface area (Å²) < 4.78 is 91.0. The van der Waals surface area contributed by atoms with E-state index >= 15 is 0 Å². The van der Waals surface area contributed by atoms with Crippen LogP contribution >= 0.6 is 0 Å². The molecule has 0 aliphatic heterocycles. The van der Waals surface area contributed by atoms with Gasteiger partial charge in [-0.1, -0.05) is 58.3 Å². The van der Waals surface area contributed by atoms with Crippen LogP contribution in [-0.4, -0.2) is 18.0 Å². The van der Waals surface area contributed by atoms with Crippen molar-refractivity contribution in [3.63, 3.8) is 0 Å². The van der Waals surface area contributed by atoms with Gasteiger partial charge in [-0.3, -0.25) is 0 Å². The smallest absolute Gasteiger partial charge is 0.199 e. The quantitative estimate of drug-likeness (QED) is 0.377. The molecule has 0 spiro atoms. The standard InChI is InChI=1S/C20H31F7/c1-2-3-14-4-6-15(7-5-14)8-9-16-10-12-17(13-11-16)18(21,22)19(23,24)20(25,26)27/h14-17H,2-13H2,1H3/t14-,15-,16-,17-. The van der Waals surface area contributed by atoms with Crippen molar-refractivity contribution in [1.82, 2.24) is 0 Å². The molecular weight excluding hydrogens is 373 g/mol. The molecule has 0 aromatic rings. The SMILES string of the molecule is CCC[C@H]1CC[C@H](CC[C@H]2CC[C@H](C(F)(F)C(F)(F)C(F)(F)F)CC2)CC1. The number of hydrogen-bond acceptors (Lipinski definition) is 0. The van der Waals surface area contributed by atoms with E-state index in [0.717, 1.165) is 18.8 Å². The van der Waals surface area contributed by atoms with Crippen molar-refractivity contribution in [2.45, 2.75) is 102 Å². The zero-order chi connectivity index (χ0) is 20.3. The highest BCUT2D eigenvalue weighted by atomic mass is 19.4. The molecule has 0 saturated heterocycles. The van der Waals surface area contributed by atoms with Gasteiger partial charge >= 0.3 is 18.0 Å². The van der Waals surface area contributed by atoms with Crippen LogP contribution < -0.4 is 0 Å². The maximum Gasteiger partial charge on any atom is 0.459 e. The predicted octanol–water partition coefficient (Wildman–Crippen LogP) is 8.01. The summed E-state index contributed by atoms with van der Waals surface area (Å²) in [5, 5.41) is 0. The molecule has 0 atom stereocenters. The van der Waals surface area contributed by atoms with Crippen LogP contribution in [0.15, 0.2) is 0 Å². The lowest BCUT2D eigenvalue weighted by Gasteiger charge is -2.38. The summed E-state index contributed by atoms with van der Waals surface area (Å²) in [5.74, 6) is -11.3. The van der Waals surface area contributed by atoms with Crippen LogP contribution in [0.4, 0.5) is 30.7 Å². The third-order valence-corrected chi connectivity index (χ3v) is 6.78. The average Bonchev–Trinajstić information content (AvgIpc) is 2.60.